The Hall–Kier alpha value is -0.0400. The maximum Gasteiger partial charge on any atom is 0.0161 e. The van der Waals surface area contributed by atoms with E-state index in [4.69, 9.17) is 5.32 Å². The van der Waals surface area contributed by atoms with Crippen LogP contribution >= 0.6 is 0 Å². The minimum absolute atomic E-state index is 0.947. The first-order chi connectivity index (χ1) is 7.45. The summed E-state index contributed by atoms with van der Waals surface area (Å²) in [6.07, 6.45) is 14.6. The van der Waals surface area contributed by atoms with Crippen LogP contribution in [0, 0.1) is 11.8 Å². The molecule has 0 amide bonds. The molecule has 0 atom stereocenters. The SMILES string of the molecule is C1CCC(C[N]CC2CCCCC2)CC1. The third-order valence-corrected chi connectivity index (χ3v) is 4.22. The Morgan fingerprint density at radius 2 is 1.00 bits per heavy atom. The number of rotatable bonds is 4. The molecule has 0 spiro atoms. The number of hydrogen-bond donors (Lipinski definition) is 0. The van der Waals surface area contributed by atoms with Crippen molar-refractivity contribution >= 4 is 0 Å². The van der Waals surface area contributed by atoms with Gasteiger partial charge in [0.25, 0.3) is 0 Å². The molecule has 0 aromatic carbocycles. The Balaban J connectivity index is 1.53. The normalized spacial score (nSPS) is 25.6. The van der Waals surface area contributed by atoms with Crippen molar-refractivity contribution in [3.05, 3.63) is 0 Å². The molecule has 0 aromatic heterocycles. The Labute approximate surface area is 95.0 Å². The summed E-state index contributed by atoms with van der Waals surface area (Å²) in [5, 5.41) is 4.82. The van der Waals surface area contributed by atoms with E-state index in [0.717, 1.165) is 11.8 Å². The zero-order chi connectivity index (χ0) is 10.3. The molecule has 2 aliphatic carbocycles. The first kappa shape index (κ1) is 11.4. The third kappa shape index (κ3) is 4.14. The molecule has 2 saturated carbocycles. The Morgan fingerprint density at radius 3 is 1.40 bits per heavy atom. The molecule has 0 heterocycles. The van der Waals surface area contributed by atoms with Crippen molar-refractivity contribution in [1.29, 1.82) is 0 Å². The van der Waals surface area contributed by atoms with Crippen molar-refractivity contribution in [1.82, 2.24) is 5.32 Å². The zero-order valence-corrected chi connectivity index (χ0v) is 10.1. The van der Waals surface area contributed by atoms with Gasteiger partial charge < -0.3 is 0 Å². The lowest BCUT2D eigenvalue weighted by Gasteiger charge is -2.24. The predicted octanol–water partition coefficient (Wildman–Crippen LogP) is 3.75. The van der Waals surface area contributed by atoms with E-state index in [1.54, 1.807) is 0 Å². The van der Waals surface area contributed by atoms with Gasteiger partial charge in [0.05, 0.1) is 0 Å². The molecule has 2 fully saturated rings. The first-order valence-corrected chi connectivity index (χ1v) is 7.08. The smallest absolute Gasteiger partial charge is 0.0161 e. The molecule has 1 heteroatoms. The Bertz CT molecular complexity index is 137. The molecule has 1 radical (unpaired) electrons. The van der Waals surface area contributed by atoms with Crippen molar-refractivity contribution < 1.29 is 0 Å². The second-order valence-electron chi connectivity index (χ2n) is 5.60. The highest BCUT2D eigenvalue weighted by molar-refractivity contribution is 4.71. The summed E-state index contributed by atoms with van der Waals surface area (Å²) in [6, 6.07) is 0. The molecule has 0 bridgehead atoms. The van der Waals surface area contributed by atoms with E-state index in [0.29, 0.717) is 0 Å². The molecule has 2 rings (SSSR count). The van der Waals surface area contributed by atoms with Crippen LogP contribution in [0.3, 0.4) is 0 Å². The second-order valence-corrected chi connectivity index (χ2v) is 5.60. The highest BCUT2D eigenvalue weighted by atomic mass is 14.9. The molecule has 0 saturated heterocycles. The van der Waals surface area contributed by atoms with E-state index in [-0.39, 0.29) is 0 Å². The summed E-state index contributed by atoms with van der Waals surface area (Å²) in [6.45, 7) is 2.35. The maximum absolute atomic E-state index is 4.82. The quantitative estimate of drug-likeness (QED) is 0.668. The van der Waals surface area contributed by atoms with Crippen LogP contribution < -0.4 is 5.32 Å². The Kier molecular flexibility index (Phi) is 4.98. The fourth-order valence-electron chi connectivity index (χ4n) is 3.18. The zero-order valence-electron chi connectivity index (χ0n) is 10.1. The molecular formula is C14H26N. The van der Waals surface area contributed by atoms with Crippen LogP contribution in [0.5, 0.6) is 0 Å². The van der Waals surface area contributed by atoms with Gasteiger partial charge in [-0.1, -0.05) is 38.5 Å². The molecule has 0 aromatic rings. The predicted molar refractivity (Wildman–Crippen MR) is 65.0 cm³/mol. The van der Waals surface area contributed by atoms with Crippen molar-refractivity contribution in [3.8, 4) is 0 Å². The summed E-state index contributed by atoms with van der Waals surface area (Å²) >= 11 is 0. The van der Waals surface area contributed by atoms with Gasteiger partial charge in [-0.2, -0.15) is 0 Å². The van der Waals surface area contributed by atoms with Crippen LogP contribution in [0.4, 0.5) is 0 Å². The number of nitrogens with zero attached hydrogens (tertiary/aromatic N) is 1. The number of hydrogen-bond acceptors (Lipinski definition) is 0. The van der Waals surface area contributed by atoms with Crippen molar-refractivity contribution in [2.45, 2.75) is 64.2 Å². The third-order valence-electron chi connectivity index (χ3n) is 4.22. The van der Waals surface area contributed by atoms with Crippen molar-refractivity contribution in [2.75, 3.05) is 13.1 Å². The van der Waals surface area contributed by atoms with Crippen LogP contribution in [-0.2, 0) is 0 Å². The molecule has 0 unspecified atom stereocenters. The van der Waals surface area contributed by atoms with Gasteiger partial charge >= 0.3 is 0 Å². The summed E-state index contributed by atoms with van der Waals surface area (Å²) < 4.78 is 0. The molecule has 1 nitrogen and oxygen atoms in total. The lowest BCUT2D eigenvalue weighted by Crippen LogP contribution is -2.24. The Morgan fingerprint density at radius 1 is 0.600 bits per heavy atom. The summed E-state index contributed by atoms with van der Waals surface area (Å²) in [4.78, 5) is 0. The topological polar surface area (TPSA) is 14.1 Å². The summed E-state index contributed by atoms with van der Waals surface area (Å²) in [5.41, 5.74) is 0. The minimum atomic E-state index is 0.947. The van der Waals surface area contributed by atoms with Gasteiger partial charge in [-0.05, 0) is 37.5 Å². The molecule has 0 aliphatic heterocycles. The summed E-state index contributed by atoms with van der Waals surface area (Å²) in [5.74, 6) is 1.89. The van der Waals surface area contributed by atoms with Crippen LogP contribution in [0.25, 0.3) is 0 Å². The van der Waals surface area contributed by atoms with Gasteiger partial charge in [0, 0.05) is 13.1 Å². The molecule has 15 heavy (non-hydrogen) atoms. The molecule has 0 N–H and O–H groups in total. The van der Waals surface area contributed by atoms with E-state index in [1.165, 1.54) is 77.3 Å². The molecular weight excluding hydrogens is 182 g/mol. The van der Waals surface area contributed by atoms with Gasteiger partial charge in [-0.3, -0.25) is 0 Å². The van der Waals surface area contributed by atoms with Crippen LogP contribution in [0.2, 0.25) is 0 Å². The highest BCUT2D eigenvalue weighted by Crippen LogP contribution is 2.25. The fourth-order valence-corrected chi connectivity index (χ4v) is 3.18. The van der Waals surface area contributed by atoms with Crippen molar-refractivity contribution in [3.63, 3.8) is 0 Å². The lowest BCUT2D eigenvalue weighted by molar-refractivity contribution is 0.302. The second kappa shape index (κ2) is 6.52. The van der Waals surface area contributed by atoms with E-state index in [9.17, 15) is 0 Å². The van der Waals surface area contributed by atoms with E-state index < -0.39 is 0 Å². The molecule has 2 aliphatic rings. The van der Waals surface area contributed by atoms with Crippen molar-refractivity contribution in [2.24, 2.45) is 11.8 Å². The average molecular weight is 208 g/mol. The van der Waals surface area contributed by atoms with Gasteiger partial charge in [0.15, 0.2) is 0 Å². The highest BCUT2D eigenvalue weighted by Gasteiger charge is 2.16. The minimum Gasteiger partial charge on any atom is -0.241 e. The van der Waals surface area contributed by atoms with Gasteiger partial charge in [-0.15, -0.1) is 0 Å². The van der Waals surface area contributed by atoms with Crippen LogP contribution in [0.1, 0.15) is 64.2 Å². The van der Waals surface area contributed by atoms with Gasteiger partial charge in [0.2, 0.25) is 0 Å². The van der Waals surface area contributed by atoms with Crippen LogP contribution in [-0.4, -0.2) is 13.1 Å². The molecule has 87 valence electrons. The standard InChI is InChI=1S/C14H26N/c1-3-7-13(8-4-1)11-15-12-14-9-5-2-6-10-14/h13-14H,1-12H2. The largest absolute Gasteiger partial charge is 0.241 e. The van der Waals surface area contributed by atoms with Crippen LogP contribution in [0.15, 0.2) is 0 Å². The van der Waals surface area contributed by atoms with E-state index in [2.05, 4.69) is 0 Å². The first-order valence-electron chi connectivity index (χ1n) is 7.08. The van der Waals surface area contributed by atoms with E-state index in [1.807, 2.05) is 0 Å². The summed E-state index contributed by atoms with van der Waals surface area (Å²) in [7, 11) is 0. The average Bonchev–Trinajstić information content (AvgIpc) is 2.32. The fraction of sp³-hybridized carbons (Fsp3) is 1.00. The van der Waals surface area contributed by atoms with Gasteiger partial charge in [0.1, 0.15) is 0 Å². The van der Waals surface area contributed by atoms with Gasteiger partial charge in [-0.25, -0.2) is 5.32 Å². The lowest BCUT2D eigenvalue weighted by atomic mass is 9.87. The van der Waals surface area contributed by atoms with E-state index >= 15 is 0 Å². The maximum atomic E-state index is 4.82. The monoisotopic (exact) mass is 208 g/mol.